The molecular weight excluding hydrogens is 656 g/mol. The molecule has 0 spiro atoms. The molecule has 0 bridgehead atoms. The van der Waals surface area contributed by atoms with Crippen molar-refractivity contribution in [1.29, 1.82) is 0 Å². The number of amides is 3. The van der Waals surface area contributed by atoms with Crippen LogP contribution in [0.3, 0.4) is 0 Å². The number of hydrogen-bond donors (Lipinski definition) is 5. The number of imidazole rings is 1. The SMILES string of the molecule is CCCCC(=O)NCCOCCOCC(=O)NCCOCCOCC(=O)NCCCC[C@H](CC(=O)[C@@H]([NH])Cc1cnc[nH]1)C(=O)CCC(=O)O. The summed E-state index contributed by atoms with van der Waals surface area (Å²) in [5.41, 5.74) is 8.78. The molecule has 0 saturated heterocycles. The highest BCUT2D eigenvalue weighted by Crippen LogP contribution is 2.19. The maximum Gasteiger partial charge on any atom is 0.303 e. The molecule has 50 heavy (non-hydrogen) atoms. The van der Waals surface area contributed by atoms with Crippen LogP contribution in [0.2, 0.25) is 0 Å². The Hall–Kier alpha value is -3.77. The van der Waals surface area contributed by atoms with Gasteiger partial charge in [-0.3, -0.25) is 28.8 Å². The van der Waals surface area contributed by atoms with E-state index < -0.39 is 23.7 Å². The van der Waals surface area contributed by atoms with Gasteiger partial charge in [0.2, 0.25) is 17.7 Å². The van der Waals surface area contributed by atoms with Gasteiger partial charge in [-0.05, 0) is 19.3 Å². The van der Waals surface area contributed by atoms with Crippen molar-refractivity contribution in [2.45, 2.75) is 77.2 Å². The zero-order chi connectivity index (χ0) is 36.8. The van der Waals surface area contributed by atoms with Crippen molar-refractivity contribution in [1.82, 2.24) is 31.7 Å². The van der Waals surface area contributed by atoms with Crippen LogP contribution in [0.5, 0.6) is 0 Å². The number of hydrogen-bond acceptors (Lipinski definition) is 11. The topological polar surface area (TPSA) is 248 Å². The summed E-state index contributed by atoms with van der Waals surface area (Å²) in [4.78, 5) is 78.2. The summed E-state index contributed by atoms with van der Waals surface area (Å²) in [6.45, 7) is 4.40. The lowest BCUT2D eigenvalue weighted by Gasteiger charge is -2.17. The van der Waals surface area contributed by atoms with Crippen LogP contribution in [0, 0.1) is 5.92 Å². The van der Waals surface area contributed by atoms with Crippen LogP contribution in [-0.2, 0) is 54.1 Å². The smallest absolute Gasteiger partial charge is 0.303 e. The van der Waals surface area contributed by atoms with Gasteiger partial charge in [-0.2, -0.15) is 0 Å². The van der Waals surface area contributed by atoms with Crippen molar-refractivity contribution in [3.05, 3.63) is 18.2 Å². The number of aliphatic carboxylic acids is 1. The fourth-order valence-electron chi connectivity index (χ4n) is 4.49. The van der Waals surface area contributed by atoms with Crippen molar-refractivity contribution in [3.63, 3.8) is 0 Å². The number of ketones is 2. The summed E-state index contributed by atoms with van der Waals surface area (Å²) < 4.78 is 21.3. The first-order valence-corrected chi connectivity index (χ1v) is 17.2. The number of H-pyrrole nitrogens is 1. The maximum absolute atomic E-state index is 12.6. The third-order valence-corrected chi connectivity index (χ3v) is 7.26. The first kappa shape index (κ1) is 44.3. The number of nitrogens with zero attached hydrogens (tertiary/aromatic N) is 1. The molecule has 1 radical (unpaired) electrons. The van der Waals surface area contributed by atoms with Crippen molar-refractivity contribution >= 4 is 35.3 Å². The van der Waals surface area contributed by atoms with E-state index in [1.165, 1.54) is 12.5 Å². The lowest BCUT2D eigenvalue weighted by atomic mass is 9.87. The third kappa shape index (κ3) is 24.4. The molecular formula is C33H55N6O11. The van der Waals surface area contributed by atoms with Gasteiger partial charge in [0.15, 0.2) is 5.78 Å². The molecule has 17 nitrogen and oxygen atoms in total. The van der Waals surface area contributed by atoms with Crippen LogP contribution in [0.4, 0.5) is 0 Å². The molecule has 2 atom stereocenters. The number of unbranched alkanes of at least 4 members (excludes halogenated alkanes) is 2. The highest BCUT2D eigenvalue weighted by Gasteiger charge is 2.25. The number of carbonyl (C=O) groups excluding carboxylic acids is 5. The summed E-state index contributed by atoms with van der Waals surface area (Å²) in [6, 6.07) is -1.06. The van der Waals surface area contributed by atoms with Gasteiger partial charge in [-0.1, -0.05) is 19.8 Å². The standard InChI is InChI=1S/C33H55N6O11/c1-2-3-7-30(42)37-11-13-47-15-18-50-23-32(44)38-12-14-48-16-17-49-22-31(43)36-10-5-4-6-25(28(40)8-9-33(45)46)19-29(41)27(34)20-26-21-35-24-39-26/h21,24-25,27,34H,2-20,22-23H2,1H3,(H,35,39)(H,36,43)(H,37,42)(H,38,44)(H,45,46)/t25-,27+/m1/s1. The number of rotatable bonds is 33. The van der Waals surface area contributed by atoms with Crippen LogP contribution >= 0.6 is 0 Å². The number of carboxylic acids is 1. The van der Waals surface area contributed by atoms with Gasteiger partial charge >= 0.3 is 5.97 Å². The summed E-state index contributed by atoms with van der Waals surface area (Å²) >= 11 is 0. The number of carbonyl (C=O) groups is 6. The highest BCUT2D eigenvalue weighted by molar-refractivity contribution is 5.91. The van der Waals surface area contributed by atoms with Crippen molar-refractivity contribution < 1.29 is 52.8 Å². The molecule has 0 aromatic carbocycles. The Bertz CT molecular complexity index is 1120. The third-order valence-electron chi connectivity index (χ3n) is 7.26. The Kier molecular flexibility index (Phi) is 25.7. The second-order valence-electron chi connectivity index (χ2n) is 11.5. The molecule has 283 valence electrons. The molecule has 0 aliphatic carbocycles. The fraction of sp³-hybridized carbons (Fsp3) is 0.727. The number of ether oxygens (including phenoxy) is 4. The Labute approximate surface area is 293 Å². The molecule has 0 unspecified atom stereocenters. The first-order chi connectivity index (χ1) is 24.1. The minimum atomic E-state index is -1.10. The first-order valence-electron chi connectivity index (χ1n) is 17.2. The van der Waals surface area contributed by atoms with Crippen LogP contribution < -0.4 is 21.7 Å². The van der Waals surface area contributed by atoms with Crippen LogP contribution in [0.15, 0.2) is 12.5 Å². The maximum atomic E-state index is 12.6. The van der Waals surface area contributed by atoms with Crippen LogP contribution in [0.1, 0.15) is 70.4 Å². The lowest BCUT2D eigenvalue weighted by Crippen LogP contribution is -2.32. The van der Waals surface area contributed by atoms with Gasteiger partial charge in [0, 0.05) is 63.1 Å². The number of aromatic amines is 1. The zero-order valence-corrected chi connectivity index (χ0v) is 29.1. The minimum absolute atomic E-state index is 0.0128. The second-order valence-corrected chi connectivity index (χ2v) is 11.5. The number of Topliss-reactive ketones (excluding diaryl/α,β-unsaturated/α-hetero) is 2. The van der Waals surface area contributed by atoms with E-state index >= 15 is 0 Å². The van der Waals surface area contributed by atoms with Gasteiger partial charge in [0.1, 0.15) is 19.0 Å². The van der Waals surface area contributed by atoms with Crippen molar-refractivity contribution in [2.75, 3.05) is 72.5 Å². The molecule has 17 heteroatoms. The largest absolute Gasteiger partial charge is 0.481 e. The Morgan fingerprint density at radius 3 is 1.94 bits per heavy atom. The molecule has 1 heterocycles. The van der Waals surface area contributed by atoms with Crippen LogP contribution in [-0.4, -0.2) is 129 Å². The lowest BCUT2D eigenvalue weighted by molar-refractivity contribution is -0.139. The zero-order valence-electron chi connectivity index (χ0n) is 29.1. The Balaban J connectivity index is 2.06. The molecule has 1 aromatic heterocycles. The quantitative estimate of drug-likeness (QED) is 0.0622. The van der Waals surface area contributed by atoms with Gasteiger partial charge in [0.05, 0.1) is 58.4 Å². The predicted molar refractivity (Wildman–Crippen MR) is 180 cm³/mol. The molecule has 3 amide bonds. The fourth-order valence-corrected chi connectivity index (χ4v) is 4.49. The second kappa shape index (κ2) is 29.0. The van der Waals surface area contributed by atoms with Gasteiger partial charge in [0.25, 0.3) is 0 Å². The minimum Gasteiger partial charge on any atom is -0.481 e. The van der Waals surface area contributed by atoms with E-state index in [-0.39, 0.29) is 95.4 Å². The normalized spacial score (nSPS) is 12.2. The average Bonchev–Trinajstić information content (AvgIpc) is 3.60. The van der Waals surface area contributed by atoms with E-state index in [2.05, 4.69) is 25.9 Å². The van der Waals surface area contributed by atoms with E-state index in [9.17, 15) is 28.8 Å². The number of nitrogens with one attached hydrogen (secondary N) is 5. The summed E-state index contributed by atoms with van der Waals surface area (Å²) in [6.07, 6.45) is 6.24. The Morgan fingerprint density at radius 2 is 1.36 bits per heavy atom. The molecule has 1 aromatic rings. The molecule has 6 N–H and O–H groups in total. The van der Waals surface area contributed by atoms with E-state index in [0.717, 1.165) is 12.8 Å². The molecule has 1 rings (SSSR count). The average molecular weight is 712 g/mol. The number of aromatic nitrogens is 2. The number of carboxylic acid groups (broad SMARTS) is 1. The van der Waals surface area contributed by atoms with Gasteiger partial charge in [-0.25, -0.2) is 10.7 Å². The van der Waals surface area contributed by atoms with E-state index in [1.54, 1.807) is 0 Å². The molecule has 0 saturated carbocycles. The molecule has 0 fully saturated rings. The van der Waals surface area contributed by atoms with Gasteiger partial charge < -0.3 is 45.0 Å². The summed E-state index contributed by atoms with van der Waals surface area (Å²) in [5.74, 6) is -3.10. The van der Waals surface area contributed by atoms with Crippen molar-refractivity contribution in [2.24, 2.45) is 5.92 Å². The molecule has 0 aliphatic rings. The summed E-state index contributed by atoms with van der Waals surface area (Å²) in [5, 5.41) is 17.1. The Morgan fingerprint density at radius 1 is 0.760 bits per heavy atom. The van der Waals surface area contributed by atoms with E-state index in [1.807, 2.05) is 6.92 Å². The molecule has 0 aliphatic heterocycles. The predicted octanol–water partition coefficient (Wildman–Crippen LogP) is 0.389. The highest BCUT2D eigenvalue weighted by atomic mass is 16.5. The van der Waals surface area contributed by atoms with Crippen LogP contribution in [0.25, 0.3) is 0 Å². The van der Waals surface area contributed by atoms with E-state index in [0.29, 0.717) is 57.7 Å². The van der Waals surface area contributed by atoms with Gasteiger partial charge in [-0.15, -0.1) is 0 Å². The monoisotopic (exact) mass is 711 g/mol. The van der Waals surface area contributed by atoms with E-state index in [4.69, 9.17) is 29.8 Å². The van der Waals surface area contributed by atoms with Crippen molar-refractivity contribution in [3.8, 4) is 0 Å². The summed E-state index contributed by atoms with van der Waals surface area (Å²) in [7, 11) is 0.